The van der Waals surface area contributed by atoms with E-state index in [2.05, 4.69) is 33.1 Å². The van der Waals surface area contributed by atoms with Crippen LogP contribution < -0.4 is 16.0 Å². The summed E-state index contributed by atoms with van der Waals surface area (Å²) in [5.74, 6) is 0.620. The maximum absolute atomic E-state index is 12.4. The molecule has 1 fully saturated rings. The number of hydrogen-bond donors (Lipinski definition) is 3. The molecule has 1 aliphatic rings. The van der Waals surface area contributed by atoms with Crippen LogP contribution in [0.4, 0.5) is 0 Å². The lowest BCUT2D eigenvalue weighted by molar-refractivity contribution is 0.0907. The third kappa shape index (κ3) is 4.52. The van der Waals surface area contributed by atoms with Crippen molar-refractivity contribution in [2.45, 2.75) is 37.1 Å². The molecule has 1 saturated carbocycles. The summed E-state index contributed by atoms with van der Waals surface area (Å²) in [6.45, 7) is 0.550. The fourth-order valence-corrected chi connectivity index (χ4v) is 3.82. The molecule has 0 aliphatic heterocycles. The van der Waals surface area contributed by atoms with Crippen LogP contribution >= 0.6 is 0 Å². The Morgan fingerprint density at radius 2 is 2.00 bits per heavy atom. The van der Waals surface area contributed by atoms with Gasteiger partial charge in [-0.05, 0) is 43.4 Å². The molecule has 1 heterocycles. The van der Waals surface area contributed by atoms with Gasteiger partial charge in [0.2, 0.25) is 5.96 Å². The molecule has 0 bridgehead atoms. The van der Waals surface area contributed by atoms with E-state index in [1.54, 1.807) is 19.2 Å². The Morgan fingerprint density at radius 1 is 1.25 bits per heavy atom. The Morgan fingerprint density at radius 3 is 2.61 bits per heavy atom. The maximum atomic E-state index is 12.4. The van der Waals surface area contributed by atoms with Crippen molar-refractivity contribution >= 4 is 11.9 Å². The van der Waals surface area contributed by atoms with E-state index < -0.39 is 0 Å². The molecule has 0 spiro atoms. The number of carbonyl (C=O) groups is 1. The highest BCUT2D eigenvalue weighted by Crippen LogP contribution is 2.39. The molecular weight excluding hydrogens is 354 g/mol. The predicted molar refractivity (Wildman–Crippen MR) is 107 cm³/mol. The monoisotopic (exact) mass is 379 g/mol. The van der Waals surface area contributed by atoms with Gasteiger partial charge in [0.05, 0.1) is 6.26 Å². The Balaban J connectivity index is 1.69. The molecule has 0 radical (unpaired) electrons. The van der Waals surface area contributed by atoms with Crippen molar-refractivity contribution in [2.75, 3.05) is 13.6 Å². The molecule has 7 nitrogen and oxygen atoms in total. The van der Waals surface area contributed by atoms with E-state index in [4.69, 9.17) is 9.68 Å². The highest BCUT2D eigenvalue weighted by Gasteiger charge is 2.37. The average Bonchev–Trinajstić information content (AvgIpc) is 3.28. The lowest BCUT2D eigenvalue weighted by Gasteiger charge is -2.41. The first-order valence-electron chi connectivity index (χ1n) is 9.42. The van der Waals surface area contributed by atoms with Gasteiger partial charge in [0.15, 0.2) is 12.0 Å². The Labute approximate surface area is 164 Å². The second-order valence-corrected chi connectivity index (χ2v) is 7.03. The summed E-state index contributed by atoms with van der Waals surface area (Å²) < 4.78 is 5.20. The van der Waals surface area contributed by atoms with E-state index in [9.17, 15) is 4.79 Å². The molecule has 28 heavy (non-hydrogen) atoms. The quantitative estimate of drug-likeness (QED) is 0.321. The fraction of sp³-hybridized carbons (Fsp3) is 0.381. The number of guanidine groups is 1. The van der Waals surface area contributed by atoms with Gasteiger partial charge in [-0.15, -0.1) is 0 Å². The average molecular weight is 379 g/mol. The summed E-state index contributed by atoms with van der Waals surface area (Å²) in [4.78, 5) is 16.4. The van der Waals surface area contributed by atoms with Crippen LogP contribution in [0, 0.1) is 11.5 Å². The van der Waals surface area contributed by atoms with E-state index in [1.807, 2.05) is 24.4 Å². The molecule has 2 aromatic rings. The minimum absolute atomic E-state index is 0.131. The molecule has 3 rings (SSSR count). The third-order valence-electron chi connectivity index (χ3n) is 5.40. The number of nitriles is 1. The second-order valence-electron chi connectivity index (χ2n) is 7.03. The number of furan rings is 1. The molecule has 1 amide bonds. The van der Waals surface area contributed by atoms with Crippen molar-refractivity contribution in [2.24, 2.45) is 4.99 Å². The molecule has 1 aromatic heterocycles. The summed E-state index contributed by atoms with van der Waals surface area (Å²) in [6, 6.07) is 13.9. The van der Waals surface area contributed by atoms with Crippen LogP contribution in [-0.4, -0.2) is 31.5 Å². The first kappa shape index (κ1) is 19.5. The molecular formula is C21H25N5O2. The van der Waals surface area contributed by atoms with Crippen LogP contribution in [0.1, 0.15) is 41.8 Å². The molecule has 1 aliphatic carbocycles. The van der Waals surface area contributed by atoms with Crippen LogP contribution in [-0.2, 0) is 5.41 Å². The number of hydrogen-bond acceptors (Lipinski definition) is 4. The van der Waals surface area contributed by atoms with Gasteiger partial charge in [0, 0.05) is 25.0 Å². The van der Waals surface area contributed by atoms with Crippen molar-refractivity contribution < 1.29 is 9.21 Å². The normalized spacial score (nSPS) is 22.1. The van der Waals surface area contributed by atoms with Gasteiger partial charge in [-0.1, -0.05) is 30.3 Å². The summed E-state index contributed by atoms with van der Waals surface area (Å²) in [5.41, 5.74) is 1.10. The van der Waals surface area contributed by atoms with Gasteiger partial charge in [-0.2, -0.15) is 5.26 Å². The van der Waals surface area contributed by atoms with E-state index >= 15 is 0 Å². The topological polar surface area (TPSA) is 102 Å². The number of amides is 1. The first-order chi connectivity index (χ1) is 13.7. The highest BCUT2D eigenvalue weighted by atomic mass is 16.3. The van der Waals surface area contributed by atoms with Gasteiger partial charge < -0.3 is 15.1 Å². The van der Waals surface area contributed by atoms with Gasteiger partial charge in [-0.25, -0.2) is 0 Å². The standard InChI is InChI=1S/C21H25N5O2/c1-23-20(25-15-22)26-17-9-11-21(12-10-17,16-6-3-2-4-7-16)14-24-19(27)18-8-5-13-28-18/h2-8,13,17H,9-12,14H2,1H3,(H,24,27)(H2,23,25,26). The van der Waals surface area contributed by atoms with Gasteiger partial charge in [0.1, 0.15) is 0 Å². The van der Waals surface area contributed by atoms with Gasteiger partial charge in [-0.3, -0.25) is 15.1 Å². The van der Waals surface area contributed by atoms with Crippen LogP contribution in [0.3, 0.4) is 0 Å². The Hall–Kier alpha value is -3.27. The molecule has 3 N–H and O–H groups in total. The van der Waals surface area contributed by atoms with Crippen molar-refractivity contribution in [3.05, 3.63) is 60.1 Å². The van der Waals surface area contributed by atoms with E-state index in [0.29, 0.717) is 18.3 Å². The lowest BCUT2D eigenvalue weighted by atomic mass is 9.68. The summed E-state index contributed by atoms with van der Waals surface area (Å²) in [7, 11) is 1.65. The highest BCUT2D eigenvalue weighted by molar-refractivity contribution is 5.91. The third-order valence-corrected chi connectivity index (χ3v) is 5.40. The largest absolute Gasteiger partial charge is 0.459 e. The zero-order valence-corrected chi connectivity index (χ0v) is 15.9. The zero-order chi connectivity index (χ0) is 19.8. The molecule has 0 atom stereocenters. The summed E-state index contributed by atoms with van der Waals surface area (Å²) in [6.07, 6.45) is 7.05. The van der Waals surface area contributed by atoms with Crippen molar-refractivity contribution in [1.82, 2.24) is 16.0 Å². The predicted octanol–water partition coefficient (Wildman–Crippen LogP) is 2.54. The number of carbonyl (C=O) groups excluding carboxylic acids is 1. The van der Waals surface area contributed by atoms with Crippen LogP contribution in [0.5, 0.6) is 0 Å². The van der Waals surface area contributed by atoms with Crippen LogP contribution in [0.2, 0.25) is 0 Å². The number of benzene rings is 1. The van der Waals surface area contributed by atoms with Crippen molar-refractivity contribution in [3.8, 4) is 6.19 Å². The Bertz CT molecular complexity index is 831. The van der Waals surface area contributed by atoms with E-state index in [1.165, 1.54) is 11.8 Å². The zero-order valence-electron chi connectivity index (χ0n) is 15.9. The van der Waals surface area contributed by atoms with E-state index in [-0.39, 0.29) is 17.4 Å². The molecule has 146 valence electrons. The van der Waals surface area contributed by atoms with Crippen molar-refractivity contribution in [3.63, 3.8) is 0 Å². The number of nitrogens with zero attached hydrogens (tertiary/aromatic N) is 2. The van der Waals surface area contributed by atoms with Crippen molar-refractivity contribution in [1.29, 1.82) is 5.26 Å². The van der Waals surface area contributed by atoms with E-state index in [0.717, 1.165) is 25.7 Å². The SMILES string of the molecule is CN=C(NC#N)NC1CCC(CNC(=O)c2ccco2)(c2ccccc2)CC1. The molecule has 0 unspecified atom stereocenters. The summed E-state index contributed by atoms with van der Waals surface area (Å²) in [5, 5.41) is 17.7. The number of rotatable bonds is 5. The molecule has 7 heteroatoms. The number of aliphatic imine (C=N–C) groups is 1. The maximum Gasteiger partial charge on any atom is 0.287 e. The minimum Gasteiger partial charge on any atom is -0.459 e. The Kier molecular flexibility index (Phi) is 6.33. The minimum atomic E-state index is -0.195. The smallest absolute Gasteiger partial charge is 0.287 e. The van der Waals surface area contributed by atoms with Gasteiger partial charge >= 0.3 is 0 Å². The van der Waals surface area contributed by atoms with Gasteiger partial charge in [0.25, 0.3) is 5.91 Å². The summed E-state index contributed by atoms with van der Waals surface area (Å²) >= 11 is 0. The van der Waals surface area contributed by atoms with Crippen LogP contribution in [0.25, 0.3) is 0 Å². The molecule has 0 saturated heterocycles. The number of nitrogens with one attached hydrogen (secondary N) is 3. The lowest BCUT2D eigenvalue weighted by Crippen LogP contribution is -2.49. The molecule has 1 aromatic carbocycles. The fourth-order valence-electron chi connectivity index (χ4n) is 3.82. The first-order valence-corrected chi connectivity index (χ1v) is 9.42. The van der Waals surface area contributed by atoms with Crippen LogP contribution in [0.15, 0.2) is 58.1 Å². The second kappa shape index (κ2) is 9.09.